The van der Waals surface area contributed by atoms with Crippen molar-refractivity contribution in [2.75, 3.05) is 31.8 Å². The Morgan fingerprint density at radius 2 is 1.79 bits per heavy atom. The molecule has 0 saturated carbocycles. The molecule has 0 heterocycles. The number of hydrogen-bond acceptors (Lipinski definition) is 11. The van der Waals surface area contributed by atoms with Crippen LogP contribution in [0.3, 0.4) is 0 Å². The van der Waals surface area contributed by atoms with Crippen LogP contribution in [0.25, 0.3) is 0 Å². The third kappa shape index (κ3) is 10.8. The summed E-state index contributed by atoms with van der Waals surface area (Å²) in [6.07, 6.45) is -0.462. The van der Waals surface area contributed by atoms with Crippen LogP contribution < -0.4 is 35.6 Å². The zero-order valence-electron chi connectivity index (χ0n) is 22.9. The monoisotopic (exact) mass is 687 g/mol. The summed E-state index contributed by atoms with van der Waals surface area (Å²) in [5.41, 5.74) is 5.60. The number of nitrogens with one attached hydrogen (secondary N) is 3. The number of carbonyl (C=O) groups excluding carboxylic acids is 3. The normalized spacial score (nSPS) is 11.9. The van der Waals surface area contributed by atoms with Gasteiger partial charge in [0.2, 0.25) is 0 Å². The van der Waals surface area contributed by atoms with Crippen LogP contribution in [-0.2, 0) is 19.2 Å². The van der Waals surface area contributed by atoms with Crippen LogP contribution in [0, 0.1) is 10.1 Å². The molecule has 0 spiro atoms. The molecule has 18 heteroatoms. The summed E-state index contributed by atoms with van der Waals surface area (Å²) in [4.78, 5) is 70.6. The van der Waals surface area contributed by atoms with Gasteiger partial charge in [-0.15, -0.1) is 0 Å². The molecular weight excluding hydrogens is 657 g/mol. The Morgan fingerprint density at radius 3 is 2.40 bits per heavy atom. The molecule has 2 aromatic rings. The van der Waals surface area contributed by atoms with Gasteiger partial charge in [-0.25, -0.2) is 0 Å². The molecule has 0 aliphatic heterocycles. The van der Waals surface area contributed by atoms with E-state index in [4.69, 9.17) is 25.4 Å². The molecule has 0 bridgehead atoms. The van der Waals surface area contributed by atoms with Crippen LogP contribution in [0.4, 0.5) is 11.4 Å². The van der Waals surface area contributed by atoms with E-state index in [0.717, 1.165) is 0 Å². The summed E-state index contributed by atoms with van der Waals surface area (Å²) >= 11 is -0.597. The van der Waals surface area contributed by atoms with Crippen LogP contribution in [0.1, 0.15) is 23.2 Å². The zero-order valence-corrected chi connectivity index (χ0v) is 25.4. The number of non-ortho nitro benzene ring substituents is 1. The van der Waals surface area contributed by atoms with Crippen LogP contribution >= 0.6 is 10.2 Å². The quantitative estimate of drug-likeness (QED) is 0.0713. The minimum atomic E-state index is -1.29. The number of aliphatic carboxylic acids is 2. The van der Waals surface area contributed by atoms with Crippen molar-refractivity contribution in [1.29, 1.82) is 0 Å². The van der Waals surface area contributed by atoms with E-state index in [9.17, 15) is 34.1 Å². The first kappa shape index (κ1) is 34.8. The van der Waals surface area contributed by atoms with Crippen molar-refractivity contribution in [2.24, 2.45) is 5.73 Å². The van der Waals surface area contributed by atoms with Crippen molar-refractivity contribution in [3.63, 3.8) is 0 Å². The minimum absolute atomic E-state index is 0.0303. The number of hydrogen-bond donors (Lipinski definition) is 6. The van der Waals surface area contributed by atoms with E-state index in [2.05, 4.69) is 16.0 Å². The zero-order chi connectivity index (χ0) is 32.1. The van der Waals surface area contributed by atoms with E-state index in [0.29, 0.717) is 10.2 Å². The Morgan fingerprint density at radius 1 is 1.09 bits per heavy atom. The average Bonchev–Trinajstić information content (AvgIpc) is 2.97. The summed E-state index contributed by atoms with van der Waals surface area (Å²) in [5, 5.41) is 36.2. The van der Waals surface area contributed by atoms with Gasteiger partial charge in [0.05, 0.1) is 0 Å². The van der Waals surface area contributed by atoms with Crippen molar-refractivity contribution >= 4 is 69.5 Å². The maximum atomic E-state index is 13.3. The number of carboxylic acid groups (broad SMARTS) is 2. The first-order valence-electron chi connectivity index (χ1n) is 12.2. The third-order valence-electron chi connectivity index (χ3n) is 5.53. The molecule has 16 nitrogen and oxygen atoms in total. The number of nitro benzene ring substituents is 1. The van der Waals surface area contributed by atoms with Gasteiger partial charge in [-0.2, -0.15) is 0 Å². The fraction of sp³-hybridized carbons (Fsp3) is 0.320. The molecule has 0 saturated heterocycles. The van der Waals surface area contributed by atoms with E-state index in [-0.39, 0.29) is 41.3 Å². The molecule has 3 amide bonds. The Balaban J connectivity index is 2.21. The second-order valence-corrected chi connectivity index (χ2v) is 12.6. The van der Waals surface area contributed by atoms with E-state index in [1.54, 1.807) is 12.1 Å². The van der Waals surface area contributed by atoms with Crippen LogP contribution in [0.15, 0.2) is 36.4 Å². The number of nitro groups is 1. The summed E-state index contributed by atoms with van der Waals surface area (Å²) in [5.74, 6) is -4.17. The van der Waals surface area contributed by atoms with Crippen molar-refractivity contribution in [2.45, 2.75) is 24.9 Å². The van der Waals surface area contributed by atoms with Gasteiger partial charge in [0.15, 0.2) is 0 Å². The van der Waals surface area contributed by atoms with Gasteiger partial charge >= 0.3 is 255 Å². The van der Waals surface area contributed by atoms with Gasteiger partial charge in [-0.1, -0.05) is 0 Å². The second kappa shape index (κ2) is 16.9. The number of nitrogens with zero attached hydrogens (tertiary/aromatic N) is 1. The van der Waals surface area contributed by atoms with Crippen LogP contribution in [0.5, 0.6) is 11.5 Å². The number of carbonyl (C=O) groups is 5. The molecule has 2 aromatic carbocycles. The number of ether oxygens (including phenoxy) is 2. The Labute approximate surface area is 254 Å². The van der Waals surface area contributed by atoms with Gasteiger partial charge in [-0.05, 0) is 0 Å². The molecular formula is C25H29N5O11SSe. The number of benzene rings is 2. The van der Waals surface area contributed by atoms with Gasteiger partial charge in [0.1, 0.15) is 0 Å². The Bertz CT molecular complexity index is 1380. The molecule has 43 heavy (non-hydrogen) atoms. The van der Waals surface area contributed by atoms with Gasteiger partial charge in [-0.3, -0.25) is 0 Å². The van der Waals surface area contributed by atoms with Crippen molar-refractivity contribution in [3.05, 3.63) is 52.1 Å². The molecule has 2 atom stereocenters. The maximum absolute atomic E-state index is 13.3. The predicted octanol–water partition coefficient (Wildman–Crippen LogP) is -0.280. The topological polar surface area (TPSA) is 250 Å². The van der Waals surface area contributed by atoms with E-state index >= 15 is 0 Å². The average molecular weight is 687 g/mol. The summed E-state index contributed by atoms with van der Waals surface area (Å²) < 4.78 is 11.1. The van der Waals surface area contributed by atoms with Gasteiger partial charge in [0.25, 0.3) is 0 Å². The number of rotatable bonds is 17. The Kier molecular flexibility index (Phi) is 13.7. The molecule has 0 aromatic heterocycles. The molecule has 0 aliphatic carbocycles. The van der Waals surface area contributed by atoms with Crippen LogP contribution in [0.2, 0.25) is 0 Å². The van der Waals surface area contributed by atoms with Crippen LogP contribution in [-0.4, -0.2) is 97.2 Å². The molecule has 232 valence electrons. The van der Waals surface area contributed by atoms with Crippen molar-refractivity contribution < 1.29 is 48.6 Å². The van der Waals surface area contributed by atoms with Crippen molar-refractivity contribution in [1.82, 2.24) is 10.6 Å². The van der Waals surface area contributed by atoms with Gasteiger partial charge < -0.3 is 0 Å². The molecule has 0 aliphatic rings. The molecule has 2 rings (SSSR count). The van der Waals surface area contributed by atoms with E-state index in [1.165, 1.54) is 48.7 Å². The third-order valence-corrected chi connectivity index (χ3v) is 9.81. The second-order valence-electron chi connectivity index (χ2n) is 8.52. The first-order valence-corrected chi connectivity index (χ1v) is 16.1. The number of methoxy groups -OCH3 is 2. The molecule has 0 radical (unpaired) electrons. The first-order chi connectivity index (χ1) is 20.4. The van der Waals surface area contributed by atoms with Gasteiger partial charge in [0, 0.05) is 0 Å². The number of carboxylic acids is 2. The fourth-order valence-electron chi connectivity index (χ4n) is 3.33. The number of anilines is 1. The SMILES string of the molecule is COc1cc([N+](=O)[O-])ccc1NC(=O)c1cccc(OC)c1[Se]SCC(NC(=O)CCC(N)C(=O)O)C(=O)NCC(=O)O. The predicted molar refractivity (Wildman–Crippen MR) is 156 cm³/mol. The summed E-state index contributed by atoms with van der Waals surface area (Å²) in [6.45, 7) is -0.687. The van der Waals surface area contributed by atoms with E-state index in [1.807, 2.05) is 0 Å². The number of amides is 3. The number of nitrogens with two attached hydrogens (primary N) is 1. The Hall–Kier alpha value is -4.38. The standard InChI is InChI=1S/C25H29N5O11SSe/c1-40-18-5-3-4-14(23(34)29-16-8-6-13(30(38)39)10-19(16)41-2)22(18)43-42-12-17(24(35)27-11-21(32)33)28-20(31)9-7-15(26)25(36)37/h3-6,8,10,15,17H,7,9,11-12,26H2,1-2H3,(H,27,35)(H,28,31)(H,29,34)(H,32,33)(H,36,37). The summed E-state index contributed by atoms with van der Waals surface area (Å²) in [6, 6.07) is 6.02. The fourth-order valence-corrected chi connectivity index (χ4v) is 7.83. The molecule has 0 fully saturated rings. The van der Waals surface area contributed by atoms with Crippen molar-refractivity contribution in [3.8, 4) is 11.5 Å². The summed E-state index contributed by atoms with van der Waals surface area (Å²) in [7, 11) is 3.90. The molecule has 2 unspecified atom stereocenters. The molecule has 7 N–H and O–H groups in total. The van der Waals surface area contributed by atoms with E-state index < -0.39 is 67.0 Å².